The van der Waals surface area contributed by atoms with Gasteiger partial charge in [0.1, 0.15) is 0 Å². The van der Waals surface area contributed by atoms with Crippen LogP contribution >= 0.6 is 0 Å². The molecule has 0 saturated heterocycles. The molecule has 0 atom stereocenters. The van der Waals surface area contributed by atoms with E-state index in [9.17, 15) is 0 Å². The van der Waals surface area contributed by atoms with E-state index in [-0.39, 0.29) is 0 Å². The summed E-state index contributed by atoms with van der Waals surface area (Å²) in [6.45, 7) is 0. The Hall–Kier alpha value is -7.42. The Morgan fingerprint density at radius 2 is 0.750 bits per heavy atom. The maximum atomic E-state index is 2.39. The second kappa shape index (κ2) is 14.4. The number of nitrogens with zero attached hydrogens (tertiary/aromatic N) is 2. The lowest BCUT2D eigenvalue weighted by Crippen LogP contribution is -2.11. The van der Waals surface area contributed by atoms with Gasteiger partial charge in [-0.2, -0.15) is 0 Å². The number of fused-ring (bicyclic) bond motifs is 3. The van der Waals surface area contributed by atoms with Crippen LogP contribution < -0.4 is 4.90 Å². The van der Waals surface area contributed by atoms with Crippen molar-refractivity contribution in [1.82, 2.24) is 4.57 Å². The minimum absolute atomic E-state index is 1.09. The standard InChI is InChI=1S/C54H38N2/c1-4-18-39(19-5-1)41-32-37-47(51(38-41)40-20-6-2-7-21-40)45-24-10-11-25-46(45)48-26-12-15-29-52(48)55(42-22-8-3-9-23-42)43-33-35-44(36-34-43)56-53-30-16-13-27-49(53)50-28-14-17-31-54(50)56/h1-38H. The van der Waals surface area contributed by atoms with Gasteiger partial charge in [0.2, 0.25) is 0 Å². The summed E-state index contributed by atoms with van der Waals surface area (Å²) in [6, 6.07) is 83.0. The molecular formula is C54H38N2. The molecule has 1 aromatic heterocycles. The molecule has 0 saturated carbocycles. The zero-order chi connectivity index (χ0) is 37.3. The highest BCUT2D eigenvalue weighted by Gasteiger charge is 2.21. The lowest BCUT2D eigenvalue weighted by atomic mass is 9.87. The zero-order valence-corrected chi connectivity index (χ0v) is 30.8. The van der Waals surface area contributed by atoms with E-state index in [1.807, 2.05) is 0 Å². The van der Waals surface area contributed by atoms with Crippen molar-refractivity contribution < 1.29 is 0 Å². The molecule has 56 heavy (non-hydrogen) atoms. The first-order chi connectivity index (χ1) is 27.8. The van der Waals surface area contributed by atoms with E-state index in [2.05, 4.69) is 240 Å². The maximum Gasteiger partial charge on any atom is 0.0541 e. The third-order valence-electron chi connectivity index (χ3n) is 10.8. The molecule has 264 valence electrons. The summed E-state index contributed by atoms with van der Waals surface area (Å²) in [5, 5.41) is 2.52. The molecule has 2 nitrogen and oxygen atoms in total. The summed E-state index contributed by atoms with van der Waals surface area (Å²) in [6.07, 6.45) is 0. The van der Waals surface area contributed by atoms with Crippen LogP contribution in [0.5, 0.6) is 0 Å². The zero-order valence-electron chi connectivity index (χ0n) is 30.8. The molecule has 0 spiro atoms. The Balaban J connectivity index is 1.13. The van der Waals surface area contributed by atoms with Gasteiger partial charge in [-0.1, -0.05) is 170 Å². The molecule has 0 N–H and O–H groups in total. The van der Waals surface area contributed by atoms with E-state index in [1.54, 1.807) is 0 Å². The second-order valence-electron chi connectivity index (χ2n) is 14.1. The summed E-state index contributed by atoms with van der Waals surface area (Å²) >= 11 is 0. The van der Waals surface area contributed by atoms with Crippen molar-refractivity contribution in [3.63, 3.8) is 0 Å². The highest BCUT2D eigenvalue weighted by atomic mass is 15.1. The smallest absolute Gasteiger partial charge is 0.0541 e. The predicted octanol–water partition coefficient (Wildman–Crippen LogP) is 14.9. The first-order valence-corrected chi connectivity index (χ1v) is 19.2. The monoisotopic (exact) mass is 714 g/mol. The van der Waals surface area contributed by atoms with Gasteiger partial charge in [0, 0.05) is 33.4 Å². The number of hydrogen-bond donors (Lipinski definition) is 0. The average Bonchev–Trinajstić information content (AvgIpc) is 3.62. The third-order valence-corrected chi connectivity index (χ3v) is 10.8. The van der Waals surface area contributed by atoms with Gasteiger partial charge in [-0.05, 0) is 99.6 Å². The van der Waals surface area contributed by atoms with E-state index in [1.165, 1.54) is 60.8 Å². The lowest BCUT2D eigenvalue weighted by Gasteiger charge is -2.28. The van der Waals surface area contributed by atoms with Crippen molar-refractivity contribution >= 4 is 38.9 Å². The quantitative estimate of drug-likeness (QED) is 0.152. The van der Waals surface area contributed by atoms with Crippen LogP contribution in [0.25, 0.3) is 72.0 Å². The molecule has 1 heterocycles. The molecule has 0 amide bonds. The highest BCUT2D eigenvalue weighted by molar-refractivity contribution is 6.09. The number of aromatic nitrogens is 1. The fraction of sp³-hybridized carbons (Fsp3) is 0. The van der Waals surface area contributed by atoms with E-state index in [0.29, 0.717) is 0 Å². The van der Waals surface area contributed by atoms with Gasteiger partial charge in [-0.3, -0.25) is 0 Å². The van der Waals surface area contributed by atoms with E-state index < -0.39 is 0 Å². The van der Waals surface area contributed by atoms with Crippen molar-refractivity contribution in [2.24, 2.45) is 0 Å². The van der Waals surface area contributed by atoms with Crippen LogP contribution in [0, 0.1) is 0 Å². The molecule has 2 heteroatoms. The maximum absolute atomic E-state index is 2.39. The molecule has 10 aromatic rings. The third kappa shape index (κ3) is 5.95. The van der Waals surface area contributed by atoms with Crippen molar-refractivity contribution in [3.05, 3.63) is 231 Å². The van der Waals surface area contributed by atoms with E-state index >= 15 is 0 Å². The molecule has 10 rings (SSSR count). The van der Waals surface area contributed by atoms with Gasteiger partial charge in [0.25, 0.3) is 0 Å². The van der Waals surface area contributed by atoms with Crippen LogP contribution in [-0.2, 0) is 0 Å². The first kappa shape index (κ1) is 33.2. The van der Waals surface area contributed by atoms with Crippen molar-refractivity contribution in [2.75, 3.05) is 4.90 Å². The number of anilines is 3. The average molecular weight is 715 g/mol. The summed E-state index contributed by atoms with van der Waals surface area (Å²) in [4.78, 5) is 2.39. The largest absolute Gasteiger partial charge is 0.310 e. The summed E-state index contributed by atoms with van der Waals surface area (Å²) < 4.78 is 2.37. The number of rotatable bonds is 8. The van der Waals surface area contributed by atoms with Gasteiger partial charge in [0.05, 0.1) is 16.7 Å². The molecule has 0 bridgehead atoms. The predicted molar refractivity (Wildman–Crippen MR) is 237 cm³/mol. The Bertz CT molecular complexity index is 2890. The number of para-hydroxylation sites is 4. The molecule has 0 aliphatic heterocycles. The van der Waals surface area contributed by atoms with Crippen LogP contribution in [-0.4, -0.2) is 4.57 Å². The SMILES string of the molecule is c1ccc(-c2ccc(-c3ccccc3-c3ccccc3N(c3ccccc3)c3ccc(-n4c5ccccc5c5ccccc54)cc3)c(-c3ccccc3)c2)cc1. The molecule has 0 unspecified atom stereocenters. The van der Waals surface area contributed by atoms with Crippen LogP contribution in [0.4, 0.5) is 17.1 Å². The molecule has 0 radical (unpaired) electrons. The van der Waals surface area contributed by atoms with E-state index in [0.717, 1.165) is 28.3 Å². The summed E-state index contributed by atoms with van der Waals surface area (Å²) in [5.41, 5.74) is 16.4. The Kier molecular flexibility index (Phi) is 8.55. The topological polar surface area (TPSA) is 8.17 Å². The lowest BCUT2D eigenvalue weighted by molar-refractivity contribution is 1.17. The van der Waals surface area contributed by atoms with Crippen LogP contribution in [0.3, 0.4) is 0 Å². The van der Waals surface area contributed by atoms with Crippen LogP contribution in [0.15, 0.2) is 231 Å². The molecule has 0 aliphatic rings. The summed E-state index contributed by atoms with van der Waals surface area (Å²) in [7, 11) is 0. The Labute approximate surface area is 327 Å². The van der Waals surface area contributed by atoms with Gasteiger partial charge < -0.3 is 9.47 Å². The van der Waals surface area contributed by atoms with Crippen LogP contribution in [0.1, 0.15) is 0 Å². The Morgan fingerprint density at radius 1 is 0.286 bits per heavy atom. The van der Waals surface area contributed by atoms with Crippen molar-refractivity contribution in [1.29, 1.82) is 0 Å². The molecular weight excluding hydrogens is 677 g/mol. The Morgan fingerprint density at radius 3 is 1.39 bits per heavy atom. The minimum atomic E-state index is 1.09. The molecule has 0 fully saturated rings. The fourth-order valence-corrected chi connectivity index (χ4v) is 8.25. The molecule has 9 aromatic carbocycles. The number of benzene rings is 9. The minimum Gasteiger partial charge on any atom is -0.310 e. The van der Waals surface area contributed by atoms with Crippen LogP contribution in [0.2, 0.25) is 0 Å². The van der Waals surface area contributed by atoms with Crippen molar-refractivity contribution in [3.8, 4) is 50.2 Å². The van der Waals surface area contributed by atoms with Gasteiger partial charge in [-0.25, -0.2) is 0 Å². The number of hydrogen-bond acceptors (Lipinski definition) is 1. The second-order valence-corrected chi connectivity index (χ2v) is 14.1. The van der Waals surface area contributed by atoms with E-state index in [4.69, 9.17) is 0 Å². The summed E-state index contributed by atoms with van der Waals surface area (Å²) in [5.74, 6) is 0. The normalized spacial score (nSPS) is 11.2. The first-order valence-electron chi connectivity index (χ1n) is 19.2. The van der Waals surface area contributed by atoms with Gasteiger partial charge in [0.15, 0.2) is 0 Å². The molecule has 0 aliphatic carbocycles. The van der Waals surface area contributed by atoms with Gasteiger partial charge in [-0.15, -0.1) is 0 Å². The van der Waals surface area contributed by atoms with Crippen molar-refractivity contribution in [2.45, 2.75) is 0 Å². The highest BCUT2D eigenvalue weighted by Crippen LogP contribution is 2.46. The fourth-order valence-electron chi connectivity index (χ4n) is 8.25. The van der Waals surface area contributed by atoms with Gasteiger partial charge >= 0.3 is 0 Å².